The first-order valence-electron chi connectivity index (χ1n) is 6.43. The van der Waals surface area contributed by atoms with Gasteiger partial charge >= 0.3 is 0 Å². The SMILES string of the molecule is CCCCCCCC[C@@H]1N=C(C)[C@H](C)S1. The minimum absolute atomic E-state index is 0.575. The van der Waals surface area contributed by atoms with Crippen molar-refractivity contribution < 1.29 is 0 Å². The summed E-state index contributed by atoms with van der Waals surface area (Å²) in [7, 11) is 0. The Balaban J connectivity index is 1.97. The zero-order chi connectivity index (χ0) is 11.1. The molecule has 1 nitrogen and oxygen atoms in total. The van der Waals surface area contributed by atoms with E-state index in [0.717, 1.165) is 0 Å². The molecule has 0 bridgehead atoms. The van der Waals surface area contributed by atoms with Crippen molar-refractivity contribution in [3.63, 3.8) is 0 Å². The molecule has 15 heavy (non-hydrogen) atoms. The monoisotopic (exact) mass is 227 g/mol. The van der Waals surface area contributed by atoms with E-state index in [4.69, 9.17) is 0 Å². The van der Waals surface area contributed by atoms with E-state index >= 15 is 0 Å². The fraction of sp³-hybridized carbons (Fsp3) is 0.923. The van der Waals surface area contributed by atoms with E-state index in [0.29, 0.717) is 10.6 Å². The van der Waals surface area contributed by atoms with Gasteiger partial charge in [-0.2, -0.15) is 0 Å². The minimum atomic E-state index is 0.575. The summed E-state index contributed by atoms with van der Waals surface area (Å²) in [5, 5.41) is 1.24. The molecule has 0 saturated carbocycles. The van der Waals surface area contributed by atoms with E-state index in [-0.39, 0.29) is 0 Å². The van der Waals surface area contributed by atoms with Crippen molar-refractivity contribution in [2.24, 2.45) is 4.99 Å². The third-order valence-electron chi connectivity index (χ3n) is 3.10. The van der Waals surface area contributed by atoms with Crippen LogP contribution in [0.4, 0.5) is 0 Å². The van der Waals surface area contributed by atoms with Crippen LogP contribution in [0.25, 0.3) is 0 Å². The number of hydrogen-bond donors (Lipinski definition) is 0. The van der Waals surface area contributed by atoms with Crippen molar-refractivity contribution in [1.29, 1.82) is 0 Å². The number of aliphatic imine (C=N–C) groups is 1. The van der Waals surface area contributed by atoms with Crippen molar-refractivity contribution in [2.75, 3.05) is 0 Å². The Morgan fingerprint density at radius 1 is 1.13 bits per heavy atom. The van der Waals surface area contributed by atoms with E-state index in [2.05, 4.69) is 25.8 Å². The highest BCUT2D eigenvalue weighted by Crippen LogP contribution is 2.30. The molecule has 0 aliphatic carbocycles. The van der Waals surface area contributed by atoms with Crippen LogP contribution in [-0.4, -0.2) is 16.3 Å². The highest BCUT2D eigenvalue weighted by atomic mass is 32.2. The van der Waals surface area contributed by atoms with Crippen molar-refractivity contribution in [3.8, 4) is 0 Å². The summed E-state index contributed by atoms with van der Waals surface area (Å²) in [5.74, 6) is 0. The maximum absolute atomic E-state index is 4.68. The van der Waals surface area contributed by atoms with Crippen molar-refractivity contribution >= 4 is 17.5 Å². The van der Waals surface area contributed by atoms with Crippen LogP contribution in [-0.2, 0) is 0 Å². The zero-order valence-electron chi connectivity index (χ0n) is 10.5. The van der Waals surface area contributed by atoms with Gasteiger partial charge in [0.25, 0.3) is 0 Å². The molecule has 0 amide bonds. The Labute approximate surface area is 99.1 Å². The maximum Gasteiger partial charge on any atom is 0.0957 e. The van der Waals surface area contributed by atoms with Crippen LogP contribution in [0.5, 0.6) is 0 Å². The van der Waals surface area contributed by atoms with Crippen LogP contribution in [0.1, 0.15) is 65.7 Å². The largest absolute Gasteiger partial charge is 0.279 e. The van der Waals surface area contributed by atoms with Crippen LogP contribution in [0.15, 0.2) is 4.99 Å². The van der Waals surface area contributed by atoms with Gasteiger partial charge in [0.2, 0.25) is 0 Å². The van der Waals surface area contributed by atoms with Gasteiger partial charge in [0.1, 0.15) is 0 Å². The molecule has 0 spiro atoms. The molecule has 2 atom stereocenters. The quantitative estimate of drug-likeness (QED) is 0.576. The number of hydrogen-bond acceptors (Lipinski definition) is 2. The lowest BCUT2D eigenvalue weighted by atomic mass is 10.1. The highest BCUT2D eigenvalue weighted by Gasteiger charge is 2.21. The van der Waals surface area contributed by atoms with Crippen LogP contribution < -0.4 is 0 Å². The molecule has 0 aromatic heterocycles. The van der Waals surface area contributed by atoms with Crippen molar-refractivity contribution in [2.45, 2.75) is 76.3 Å². The molecule has 0 N–H and O–H groups in total. The molecular weight excluding hydrogens is 202 g/mol. The fourth-order valence-corrected chi connectivity index (χ4v) is 3.19. The molecule has 0 radical (unpaired) electrons. The summed E-state index contributed by atoms with van der Waals surface area (Å²) in [6.07, 6.45) is 9.66. The molecule has 1 heterocycles. The number of nitrogens with zero attached hydrogens (tertiary/aromatic N) is 1. The van der Waals surface area contributed by atoms with Gasteiger partial charge in [-0.1, -0.05) is 45.4 Å². The summed E-state index contributed by atoms with van der Waals surface area (Å²) < 4.78 is 0. The van der Waals surface area contributed by atoms with Crippen LogP contribution in [0.2, 0.25) is 0 Å². The van der Waals surface area contributed by atoms with E-state index < -0.39 is 0 Å². The molecule has 0 unspecified atom stereocenters. The topological polar surface area (TPSA) is 12.4 Å². The molecule has 0 aromatic rings. The second-order valence-electron chi connectivity index (χ2n) is 4.56. The van der Waals surface area contributed by atoms with E-state index in [9.17, 15) is 0 Å². The van der Waals surface area contributed by atoms with Gasteiger partial charge in [0, 0.05) is 11.0 Å². The first kappa shape index (κ1) is 13.1. The predicted octanol–water partition coefficient (Wildman–Crippen LogP) is 4.66. The molecule has 1 rings (SSSR count). The summed E-state index contributed by atoms with van der Waals surface area (Å²) in [6, 6.07) is 0. The Hall–Kier alpha value is 0.0200. The smallest absolute Gasteiger partial charge is 0.0957 e. The van der Waals surface area contributed by atoms with Gasteiger partial charge in [0.05, 0.1) is 5.37 Å². The lowest BCUT2D eigenvalue weighted by molar-refractivity contribution is 0.586. The Kier molecular flexibility index (Phi) is 6.39. The molecule has 2 heteroatoms. The van der Waals surface area contributed by atoms with Crippen LogP contribution in [0, 0.1) is 0 Å². The number of thioether (sulfide) groups is 1. The van der Waals surface area contributed by atoms with E-state index in [1.54, 1.807) is 0 Å². The summed E-state index contributed by atoms with van der Waals surface area (Å²) in [6.45, 7) is 6.71. The van der Waals surface area contributed by atoms with Crippen LogP contribution in [0.3, 0.4) is 0 Å². The van der Waals surface area contributed by atoms with Gasteiger partial charge in [0.15, 0.2) is 0 Å². The Bertz CT molecular complexity index is 201. The third-order valence-corrected chi connectivity index (χ3v) is 4.51. The maximum atomic E-state index is 4.68. The third kappa shape index (κ3) is 5.05. The van der Waals surface area contributed by atoms with Crippen molar-refractivity contribution in [3.05, 3.63) is 0 Å². The molecular formula is C13H25NS. The Morgan fingerprint density at radius 3 is 2.40 bits per heavy atom. The van der Waals surface area contributed by atoms with E-state index in [1.165, 1.54) is 50.7 Å². The average Bonchev–Trinajstić information content (AvgIpc) is 2.52. The Morgan fingerprint density at radius 2 is 1.80 bits per heavy atom. The second-order valence-corrected chi connectivity index (χ2v) is 6.08. The molecule has 1 aliphatic rings. The summed E-state index contributed by atoms with van der Waals surface area (Å²) >= 11 is 2.04. The first-order chi connectivity index (χ1) is 7.24. The molecule has 0 aromatic carbocycles. The summed E-state index contributed by atoms with van der Waals surface area (Å²) in [5.41, 5.74) is 1.34. The number of unbranched alkanes of at least 4 members (excludes halogenated alkanes) is 5. The molecule has 88 valence electrons. The molecule has 0 fully saturated rings. The van der Waals surface area contributed by atoms with Gasteiger partial charge in [-0.3, -0.25) is 4.99 Å². The van der Waals surface area contributed by atoms with Crippen LogP contribution >= 0.6 is 11.8 Å². The zero-order valence-corrected chi connectivity index (χ0v) is 11.3. The van der Waals surface area contributed by atoms with Gasteiger partial charge in [-0.05, 0) is 20.3 Å². The van der Waals surface area contributed by atoms with Gasteiger partial charge in [-0.15, -0.1) is 11.8 Å². The fourth-order valence-electron chi connectivity index (χ4n) is 1.93. The minimum Gasteiger partial charge on any atom is -0.279 e. The van der Waals surface area contributed by atoms with Crippen molar-refractivity contribution in [1.82, 2.24) is 0 Å². The lowest BCUT2D eigenvalue weighted by Crippen LogP contribution is -2.02. The summed E-state index contributed by atoms with van der Waals surface area (Å²) in [4.78, 5) is 4.68. The normalized spacial score (nSPS) is 25.7. The average molecular weight is 227 g/mol. The molecule has 0 saturated heterocycles. The highest BCUT2D eigenvalue weighted by molar-refractivity contribution is 8.01. The lowest BCUT2D eigenvalue weighted by Gasteiger charge is -2.07. The second kappa shape index (κ2) is 7.32. The van der Waals surface area contributed by atoms with Gasteiger partial charge in [-0.25, -0.2) is 0 Å². The standard InChI is InChI=1S/C13H25NS/c1-4-5-6-7-8-9-10-13-14-11(2)12(3)15-13/h12-13H,4-10H2,1-3H3/t12-,13+/m0/s1. The van der Waals surface area contributed by atoms with Gasteiger partial charge < -0.3 is 0 Å². The predicted molar refractivity (Wildman–Crippen MR) is 71.9 cm³/mol. The first-order valence-corrected chi connectivity index (χ1v) is 7.38. The van der Waals surface area contributed by atoms with E-state index in [1.807, 2.05) is 11.8 Å². The number of rotatable bonds is 7. The molecule has 1 aliphatic heterocycles.